The minimum atomic E-state index is -0.503. The Balaban J connectivity index is 2.20. The standard InChI is InChI=1S/C20H23N3O3S/c1-5-14(4)21-17(24)11-22-16-8-9-27-18(16)19(25)23(20(22)26)15-7-6-12(2)10-13(15)3/h6-10,14H,5,11H2,1-4H3,(H,21,24)/t14-/m1/s1. The highest BCUT2D eigenvalue weighted by molar-refractivity contribution is 7.17. The van der Waals surface area contributed by atoms with Crippen molar-refractivity contribution in [1.82, 2.24) is 14.5 Å². The van der Waals surface area contributed by atoms with E-state index in [1.807, 2.05) is 39.8 Å². The highest BCUT2D eigenvalue weighted by Gasteiger charge is 2.18. The first-order valence-corrected chi connectivity index (χ1v) is 9.81. The van der Waals surface area contributed by atoms with Crippen LogP contribution in [0, 0.1) is 13.8 Å². The van der Waals surface area contributed by atoms with E-state index < -0.39 is 5.69 Å². The van der Waals surface area contributed by atoms with E-state index in [0.717, 1.165) is 17.5 Å². The average molecular weight is 385 g/mol. The molecule has 0 unspecified atom stereocenters. The van der Waals surface area contributed by atoms with Gasteiger partial charge in [0.05, 0.1) is 11.2 Å². The molecule has 0 fully saturated rings. The lowest BCUT2D eigenvalue weighted by molar-refractivity contribution is -0.122. The first-order valence-electron chi connectivity index (χ1n) is 8.93. The third-order valence-corrected chi connectivity index (χ3v) is 5.56. The van der Waals surface area contributed by atoms with Gasteiger partial charge in [-0.25, -0.2) is 9.36 Å². The predicted molar refractivity (Wildman–Crippen MR) is 109 cm³/mol. The zero-order chi connectivity index (χ0) is 19.7. The van der Waals surface area contributed by atoms with Crippen molar-refractivity contribution in [2.45, 2.75) is 46.7 Å². The van der Waals surface area contributed by atoms with Crippen LogP contribution in [0.2, 0.25) is 0 Å². The molecule has 0 saturated carbocycles. The number of carbonyl (C=O) groups excluding carboxylic acids is 1. The van der Waals surface area contributed by atoms with Crippen molar-refractivity contribution in [3.05, 3.63) is 61.6 Å². The molecule has 1 N–H and O–H groups in total. The van der Waals surface area contributed by atoms with Gasteiger partial charge in [-0.15, -0.1) is 11.3 Å². The van der Waals surface area contributed by atoms with Gasteiger partial charge in [0.1, 0.15) is 11.2 Å². The number of rotatable bonds is 5. The summed E-state index contributed by atoms with van der Waals surface area (Å²) in [6.07, 6.45) is 0.802. The molecule has 3 rings (SSSR count). The summed E-state index contributed by atoms with van der Waals surface area (Å²) in [5.41, 5.74) is 2.07. The maximum absolute atomic E-state index is 13.2. The minimum absolute atomic E-state index is 0.0245. The first kappa shape index (κ1) is 19.1. The van der Waals surface area contributed by atoms with Gasteiger partial charge in [-0.3, -0.25) is 14.2 Å². The summed E-state index contributed by atoms with van der Waals surface area (Å²) in [4.78, 5) is 38.5. The summed E-state index contributed by atoms with van der Waals surface area (Å²) < 4.78 is 3.01. The summed E-state index contributed by atoms with van der Waals surface area (Å²) in [6, 6.07) is 7.31. The summed E-state index contributed by atoms with van der Waals surface area (Å²) in [6.45, 7) is 7.60. The largest absolute Gasteiger partial charge is 0.352 e. The van der Waals surface area contributed by atoms with Crippen LogP contribution in [-0.2, 0) is 11.3 Å². The minimum Gasteiger partial charge on any atom is -0.352 e. The van der Waals surface area contributed by atoms with Gasteiger partial charge >= 0.3 is 5.69 Å². The van der Waals surface area contributed by atoms with Crippen molar-refractivity contribution in [1.29, 1.82) is 0 Å². The first-order chi connectivity index (χ1) is 12.8. The van der Waals surface area contributed by atoms with Crippen molar-refractivity contribution in [3.8, 4) is 5.69 Å². The topological polar surface area (TPSA) is 73.1 Å². The zero-order valence-electron chi connectivity index (χ0n) is 15.9. The van der Waals surface area contributed by atoms with Crippen LogP contribution in [0.4, 0.5) is 0 Å². The van der Waals surface area contributed by atoms with E-state index >= 15 is 0 Å². The fraction of sp³-hybridized carbons (Fsp3) is 0.350. The molecular formula is C20H23N3O3S. The molecule has 142 valence electrons. The smallest absolute Gasteiger partial charge is 0.336 e. The molecule has 0 aliphatic heterocycles. The number of hydrogen-bond acceptors (Lipinski definition) is 4. The third kappa shape index (κ3) is 3.60. The predicted octanol–water partition coefficient (Wildman–Crippen LogP) is 2.75. The summed E-state index contributed by atoms with van der Waals surface area (Å²) in [7, 11) is 0. The fourth-order valence-electron chi connectivity index (χ4n) is 3.07. The van der Waals surface area contributed by atoms with Gasteiger partial charge in [0.15, 0.2) is 0 Å². The molecule has 0 spiro atoms. The van der Waals surface area contributed by atoms with Crippen LogP contribution in [0.5, 0.6) is 0 Å². The summed E-state index contributed by atoms with van der Waals surface area (Å²) in [5.74, 6) is -0.246. The average Bonchev–Trinajstić information content (AvgIpc) is 3.10. The van der Waals surface area contributed by atoms with Crippen molar-refractivity contribution in [3.63, 3.8) is 0 Å². The van der Waals surface area contributed by atoms with Crippen LogP contribution < -0.4 is 16.6 Å². The SMILES string of the molecule is CC[C@@H](C)NC(=O)Cn1c(=O)n(-c2ccc(C)cc2C)c(=O)c2sccc21. The van der Waals surface area contributed by atoms with Gasteiger partial charge in [0, 0.05) is 6.04 Å². The molecule has 0 aliphatic carbocycles. The van der Waals surface area contributed by atoms with E-state index in [1.165, 1.54) is 20.5 Å². The second-order valence-electron chi connectivity index (χ2n) is 6.81. The van der Waals surface area contributed by atoms with Crippen molar-refractivity contribution in [2.24, 2.45) is 0 Å². The molecule has 0 bridgehead atoms. The van der Waals surface area contributed by atoms with Gasteiger partial charge in [-0.1, -0.05) is 24.6 Å². The molecule has 1 atom stereocenters. The van der Waals surface area contributed by atoms with Gasteiger partial charge in [-0.05, 0) is 50.3 Å². The molecule has 0 saturated heterocycles. The Morgan fingerprint density at radius 3 is 2.63 bits per heavy atom. The number of aromatic nitrogens is 2. The molecule has 1 amide bonds. The number of fused-ring (bicyclic) bond motifs is 1. The molecule has 2 heterocycles. The lowest BCUT2D eigenvalue weighted by Gasteiger charge is -2.15. The molecule has 7 heteroatoms. The monoisotopic (exact) mass is 385 g/mol. The normalized spacial score (nSPS) is 12.3. The number of nitrogens with zero attached hydrogens (tertiary/aromatic N) is 2. The number of thiophene rings is 1. The van der Waals surface area contributed by atoms with Crippen LogP contribution in [0.25, 0.3) is 15.9 Å². The van der Waals surface area contributed by atoms with Gasteiger partial charge in [-0.2, -0.15) is 0 Å². The highest BCUT2D eigenvalue weighted by atomic mass is 32.1. The molecule has 1 aromatic carbocycles. The Bertz CT molecular complexity index is 1120. The Kier molecular flexibility index (Phi) is 5.32. The van der Waals surface area contributed by atoms with Crippen LogP contribution in [0.3, 0.4) is 0 Å². The number of benzene rings is 1. The van der Waals surface area contributed by atoms with Crippen LogP contribution in [-0.4, -0.2) is 21.1 Å². The maximum Gasteiger partial charge on any atom is 0.336 e. The number of aryl methyl sites for hydroxylation is 2. The van der Waals surface area contributed by atoms with E-state index in [1.54, 1.807) is 17.5 Å². The molecule has 0 aliphatic rings. The molecule has 2 aromatic heterocycles. The van der Waals surface area contributed by atoms with Crippen molar-refractivity contribution in [2.75, 3.05) is 0 Å². The van der Waals surface area contributed by atoms with Crippen LogP contribution in [0.1, 0.15) is 31.4 Å². The quantitative estimate of drug-likeness (QED) is 0.734. The molecular weight excluding hydrogens is 362 g/mol. The fourth-order valence-corrected chi connectivity index (χ4v) is 3.90. The molecule has 3 aromatic rings. The Morgan fingerprint density at radius 1 is 1.22 bits per heavy atom. The number of amides is 1. The molecule has 0 radical (unpaired) electrons. The second kappa shape index (κ2) is 7.52. The Hall–Kier alpha value is -2.67. The maximum atomic E-state index is 13.2. The van der Waals surface area contributed by atoms with Crippen LogP contribution >= 0.6 is 11.3 Å². The van der Waals surface area contributed by atoms with E-state index in [4.69, 9.17) is 0 Å². The van der Waals surface area contributed by atoms with E-state index in [2.05, 4.69) is 5.32 Å². The second-order valence-corrected chi connectivity index (χ2v) is 7.73. The Labute approximate surface area is 161 Å². The zero-order valence-corrected chi connectivity index (χ0v) is 16.7. The number of carbonyl (C=O) groups is 1. The highest BCUT2D eigenvalue weighted by Crippen LogP contribution is 2.18. The van der Waals surface area contributed by atoms with Gasteiger partial charge < -0.3 is 5.32 Å². The van der Waals surface area contributed by atoms with Crippen molar-refractivity contribution < 1.29 is 4.79 Å². The van der Waals surface area contributed by atoms with Crippen LogP contribution in [0.15, 0.2) is 39.2 Å². The van der Waals surface area contributed by atoms with Crippen molar-refractivity contribution >= 4 is 27.5 Å². The molecule has 27 heavy (non-hydrogen) atoms. The van der Waals surface area contributed by atoms with E-state index in [-0.39, 0.29) is 24.1 Å². The van der Waals surface area contributed by atoms with Gasteiger partial charge in [0.25, 0.3) is 5.56 Å². The molecule has 6 nitrogen and oxygen atoms in total. The summed E-state index contributed by atoms with van der Waals surface area (Å²) >= 11 is 1.28. The van der Waals surface area contributed by atoms with E-state index in [9.17, 15) is 14.4 Å². The summed E-state index contributed by atoms with van der Waals surface area (Å²) in [5, 5.41) is 4.64. The number of hydrogen-bond donors (Lipinski definition) is 1. The van der Waals surface area contributed by atoms with E-state index in [0.29, 0.717) is 15.9 Å². The Morgan fingerprint density at radius 2 is 1.96 bits per heavy atom. The number of nitrogens with one attached hydrogen (secondary N) is 1. The lowest BCUT2D eigenvalue weighted by Crippen LogP contribution is -2.43. The van der Waals surface area contributed by atoms with Gasteiger partial charge in [0.2, 0.25) is 5.91 Å². The third-order valence-electron chi connectivity index (χ3n) is 4.67. The lowest BCUT2D eigenvalue weighted by atomic mass is 10.1.